The van der Waals surface area contributed by atoms with Crippen molar-refractivity contribution in [2.45, 2.75) is 166 Å². The lowest BCUT2D eigenvalue weighted by atomic mass is 9.83. The van der Waals surface area contributed by atoms with Gasteiger partial charge >= 0.3 is 24.1 Å². The summed E-state index contributed by atoms with van der Waals surface area (Å²) in [5.41, 5.74) is -0.605. The van der Waals surface area contributed by atoms with Gasteiger partial charge in [0.1, 0.15) is 47.8 Å². The summed E-state index contributed by atoms with van der Waals surface area (Å²) < 4.78 is 46.5. The Labute approximate surface area is 539 Å². The number of carbonyl (C=O) groups is 8. The standard InChI is InChI=1S/C63H87ClN8O20/c1-37-17-16-20-48(85-10)63(83)34-47(89-59(80)67-63)38(2)56-62(4,91-56)49(33-53(76)71(8)44-31-41(29-37)32-46(84-9)55(44)64)90-57(78)39(3)70(7)50(73)25-28-86-60(81)68(5)26-27-69(6)61(82)87-36-40-21-22-45(88-58(79)66-42-18-14-12-11-13-15-19-42)43(30-40)65-35-54(77)92-72-51(74)23-24-52(72)75/h12,14,16-17,20-22,30-32,38-39,42,47-49,56,59-60,65,67,80-81,83H,11,13,15,18-19,23-29,33-36H2,1-10H3,(H,66,79)/b14-12+,20-16+,37-17+/t38-,39+,42?,47+,48-,49+,56+,59?,60?,62+,63+/m1/s1. The number of methoxy groups -OCH3 is 2. The van der Waals surface area contributed by atoms with E-state index >= 15 is 0 Å². The van der Waals surface area contributed by atoms with Crippen molar-refractivity contribution in [1.82, 2.24) is 30.4 Å². The number of anilines is 2. The minimum atomic E-state index is -1.81. The van der Waals surface area contributed by atoms with Gasteiger partial charge < -0.3 is 83.4 Å². The van der Waals surface area contributed by atoms with Gasteiger partial charge in [-0.25, -0.2) is 24.5 Å². The zero-order valence-corrected chi connectivity index (χ0v) is 54.4. The number of hydroxylamine groups is 2. The van der Waals surface area contributed by atoms with Crippen LogP contribution in [0.15, 0.2) is 66.3 Å². The number of ether oxygens (including phenoxy) is 8. The highest BCUT2D eigenvalue weighted by atomic mass is 35.5. The molecule has 3 fully saturated rings. The first-order valence-electron chi connectivity index (χ1n) is 30.6. The van der Waals surface area contributed by atoms with Crippen molar-refractivity contribution in [1.29, 1.82) is 0 Å². The van der Waals surface area contributed by atoms with Gasteiger partial charge in [0.15, 0.2) is 11.5 Å². The maximum Gasteiger partial charge on any atom is 0.412 e. The predicted octanol–water partition coefficient (Wildman–Crippen LogP) is 4.55. The van der Waals surface area contributed by atoms with Gasteiger partial charge in [0.2, 0.25) is 24.6 Å². The lowest BCUT2D eigenvalue weighted by molar-refractivity contribution is -0.271. The number of aliphatic hydroxyl groups is 3. The normalized spacial score (nSPS) is 27.2. The maximum atomic E-state index is 14.4. The molecule has 6 amide bonds. The monoisotopic (exact) mass is 1310 g/mol. The molecule has 0 spiro atoms. The molecule has 5 aliphatic rings. The third kappa shape index (κ3) is 19.0. The number of benzene rings is 2. The zero-order chi connectivity index (χ0) is 67.2. The van der Waals surface area contributed by atoms with Crippen LogP contribution in [-0.2, 0) is 75.1 Å². The van der Waals surface area contributed by atoms with Crippen LogP contribution >= 0.6 is 11.6 Å². The third-order valence-corrected chi connectivity index (χ3v) is 17.4. The summed E-state index contributed by atoms with van der Waals surface area (Å²) in [6.45, 7) is 5.83. The van der Waals surface area contributed by atoms with E-state index in [2.05, 4.69) is 22.0 Å². The third-order valence-electron chi connectivity index (χ3n) is 17.0. The number of nitrogens with zero attached hydrogens (tertiary/aromatic N) is 5. The summed E-state index contributed by atoms with van der Waals surface area (Å²) in [6, 6.07) is 6.64. The van der Waals surface area contributed by atoms with Crippen LogP contribution in [0.4, 0.5) is 21.0 Å². The Kier molecular flexibility index (Phi) is 25.5. The molecule has 92 heavy (non-hydrogen) atoms. The van der Waals surface area contributed by atoms with E-state index in [0.717, 1.165) is 41.7 Å². The molecule has 29 heteroatoms. The number of aliphatic hydroxyl groups excluding tert-OH is 2. The number of fused-ring (bicyclic) bond motifs is 5. The van der Waals surface area contributed by atoms with Crippen LogP contribution in [0.1, 0.15) is 103 Å². The number of esters is 1. The predicted molar refractivity (Wildman–Crippen MR) is 331 cm³/mol. The minimum Gasteiger partial charge on any atom is -0.495 e. The number of hydrogen-bond donors (Lipinski definition) is 6. The summed E-state index contributed by atoms with van der Waals surface area (Å²) >= 11 is 6.84. The maximum absolute atomic E-state index is 14.4. The average Bonchev–Trinajstić information content (AvgIpc) is 1.57. The molecule has 4 heterocycles. The number of amides is 6. The van der Waals surface area contributed by atoms with Crippen molar-refractivity contribution in [3.63, 3.8) is 0 Å². The number of imide groups is 1. The zero-order valence-electron chi connectivity index (χ0n) is 53.7. The first-order chi connectivity index (χ1) is 43.6. The molecule has 2 aromatic rings. The fourth-order valence-electron chi connectivity index (χ4n) is 11.1. The molecule has 506 valence electrons. The van der Waals surface area contributed by atoms with Crippen LogP contribution in [-0.4, -0.2) is 212 Å². The summed E-state index contributed by atoms with van der Waals surface area (Å²) in [6.07, 6.45) is 4.64. The minimum absolute atomic E-state index is 0.0240. The molecule has 2 aromatic carbocycles. The Hall–Kier alpha value is -7.25. The quantitative estimate of drug-likeness (QED) is 0.0328. The molecule has 4 aliphatic heterocycles. The number of likely N-dealkylation sites (N-methyl/N-ethyl adjacent to an activating group) is 3. The van der Waals surface area contributed by atoms with E-state index < -0.39 is 121 Å². The molecular weight excluding hydrogens is 1220 g/mol. The number of epoxide rings is 1. The second-order valence-electron chi connectivity index (χ2n) is 23.9. The van der Waals surface area contributed by atoms with Gasteiger partial charge in [0.05, 0.1) is 50.1 Å². The Morgan fingerprint density at radius 3 is 2.45 bits per heavy atom. The number of hydrogen-bond acceptors (Lipinski definition) is 23. The molecule has 4 bridgehead atoms. The molecule has 0 radical (unpaired) electrons. The lowest BCUT2D eigenvalue weighted by Crippen LogP contribution is -2.65. The topological polar surface area (TPSA) is 336 Å². The molecule has 0 aromatic heterocycles. The molecule has 7 rings (SSSR count). The van der Waals surface area contributed by atoms with Gasteiger partial charge in [-0.3, -0.25) is 24.1 Å². The van der Waals surface area contributed by atoms with Crippen molar-refractivity contribution >= 4 is 70.7 Å². The molecule has 3 saturated heterocycles. The van der Waals surface area contributed by atoms with Crippen LogP contribution in [0, 0.1) is 5.92 Å². The molecule has 1 aliphatic carbocycles. The molecular formula is C63H87ClN8O20. The second kappa shape index (κ2) is 32.5. The van der Waals surface area contributed by atoms with Crippen LogP contribution in [0.3, 0.4) is 0 Å². The summed E-state index contributed by atoms with van der Waals surface area (Å²) in [5, 5.41) is 42.7. The molecule has 0 saturated carbocycles. The number of halogens is 1. The second-order valence-corrected chi connectivity index (χ2v) is 24.2. The Balaban J connectivity index is 0.923. The van der Waals surface area contributed by atoms with E-state index in [9.17, 15) is 53.7 Å². The van der Waals surface area contributed by atoms with Crippen LogP contribution in [0.2, 0.25) is 5.02 Å². The van der Waals surface area contributed by atoms with Gasteiger partial charge in [-0.2, -0.15) is 0 Å². The SMILES string of the molecule is COc1cc2cc(c1Cl)N(C)C(=O)C[C@H](OC(=O)[C@H](C)N(C)C(=O)CCOC(O)N(C)CCN(C)C(=O)OCc1ccc(OC(=O)NC3C/C=C/CCCC3)c(NCC(=O)ON3C(=O)CCC3=O)c1)[C@]1(C)O[C@H]1[C@H](C)[C@@H]1C[C@@](O)(NC(O)O1)[C@H](OC)/C=C/C=C(\C)C2. The highest BCUT2D eigenvalue weighted by molar-refractivity contribution is 6.35. The van der Waals surface area contributed by atoms with Crippen LogP contribution < -0.4 is 30.3 Å². The molecule has 28 nitrogen and oxygen atoms in total. The first-order valence-corrected chi connectivity index (χ1v) is 30.9. The largest absolute Gasteiger partial charge is 0.495 e. The Bertz CT molecular complexity index is 3080. The Morgan fingerprint density at radius 1 is 0.989 bits per heavy atom. The van der Waals surface area contributed by atoms with Gasteiger partial charge in [-0.05, 0) is 95.3 Å². The van der Waals surface area contributed by atoms with Crippen LogP contribution in [0.5, 0.6) is 11.5 Å². The highest BCUT2D eigenvalue weighted by Gasteiger charge is 2.64. The van der Waals surface area contributed by atoms with Gasteiger partial charge in [-0.15, -0.1) is 5.06 Å². The molecule has 6 N–H and O–H groups in total. The average molecular weight is 1310 g/mol. The van der Waals surface area contributed by atoms with E-state index in [-0.39, 0.29) is 74.5 Å². The fourth-order valence-corrected chi connectivity index (χ4v) is 11.4. The molecule has 11 atom stereocenters. The van der Waals surface area contributed by atoms with Crippen molar-refractivity contribution in [2.24, 2.45) is 5.92 Å². The van der Waals surface area contributed by atoms with E-state index in [1.807, 2.05) is 19.1 Å². The number of rotatable bonds is 21. The van der Waals surface area contributed by atoms with Crippen molar-refractivity contribution in [3.05, 3.63) is 82.4 Å². The van der Waals surface area contributed by atoms with Gasteiger partial charge in [0, 0.05) is 72.6 Å². The van der Waals surface area contributed by atoms with Crippen molar-refractivity contribution in [2.75, 3.05) is 78.9 Å². The lowest BCUT2D eigenvalue weighted by Gasteiger charge is -2.44. The fraction of sp³-hybridized carbons (Fsp3) is 0.587. The van der Waals surface area contributed by atoms with E-state index in [1.165, 1.54) is 76.2 Å². The number of allylic oxidation sites excluding steroid dienone is 4. The van der Waals surface area contributed by atoms with E-state index in [4.69, 9.17) is 54.3 Å². The first kappa shape index (κ1) is 72.2. The van der Waals surface area contributed by atoms with Crippen LogP contribution in [0.25, 0.3) is 0 Å². The number of carbonyl (C=O) groups excluding carboxylic acids is 8. The summed E-state index contributed by atoms with van der Waals surface area (Å²) in [5.74, 6) is -4.45. The Morgan fingerprint density at radius 2 is 1.73 bits per heavy atom. The highest BCUT2D eigenvalue weighted by Crippen LogP contribution is 2.49. The summed E-state index contributed by atoms with van der Waals surface area (Å²) in [7, 11) is 8.80. The van der Waals surface area contributed by atoms with E-state index in [1.54, 1.807) is 44.2 Å². The van der Waals surface area contributed by atoms with Crippen molar-refractivity contribution < 1.29 is 96.4 Å². The van der Waals surface area contributed by atoms with Gasteiger partial charge in [0.25, 0.3) is 11.8 Å². The summed E-state index contributed by atoms with van der Waals surface area (Å²) in [4.78, 5) is 115. The number of nitrogens with one attached hydrogen (secondary N) is 3. The van der Waals surface area contributed by atoms with Crippen molar-refractivity contribution in [3.8, 4) is 11.5 Å². The molecule has 3 unspecified atom stereocenters. The van der Waals surface area contributed by atoms with E-state index in [0.29, 0.717) is 34.9 Å². The smallest absolute Gasteiger partial charge is 0.412 e. The van der Waals surface area contributed by atoms with Gasteiger partial charge in [-0.1, -0.05) is 67.0 Å².